The smallest absolute Gasteiger partial charge is 0.306 e. The summed E-state index contributed by atoms with van der Waals surface area (Å²) in [6.45, 7) is -0.262. The molecule has 1 atom stereocenters. The Morgan fingerprint density at radius 1 is 1.59 bits per heavy atom. The van der Waals surface area contributed by atoms with E-state index in [0.717, 1.165) is 12.3 Å². The molecule has 9 heteroatoms. The molecule has 1 N–H and O–H groups in total. The fraction of sp³-hybridized carbons (Fsp3) is 0.231. The summed E-state index contributed by atoms with van der Waals surface area (Å²) in [7, 11) is 0. The fourth-order valence-electron chi connectivity index (χ4n) is 1.69. The highest BCUT2D eigenvalue weighted by Gasteiger charge is 2.13. The van der Waals surface area contributed by atoms with Crippen LogP contribution in [0.3, 0.4) is 0 Å². The molecule has 0 aliphatic heterocycles. The summed E-state index contributed by atoms with van der Waals surface area (Å²) >= 11 is 0. The minimum absolute atomic E-state index is 0.0360. The maximum Gasteiger partial charge on any atom is 0.306 e. The summed E-state index contributed by atoms with van der Waals surface area (Å²) in [5, 5.41) is 32.6. The number of hydrogen-bond acceptors (Lipinski definition) is 6. The van der Waals surface area contributed by atoms with Crippen LogP contribution < -0.4 is 4.74 Å². The van der Waals surface area contributed by atoms with Gasteiger partial charge in [-0.3, -0.25) is 14.8 Å². The second kappa shape index (κ2) is 6.64. The first kappa shape index (κ1) is 15.4. The number of nitro groups is 1. The maximum atomic E-state index is 13.6. The number of nitriles is 1. The zero-order chi connectivity index (χ0) is 16.1. The second-order valence-corrected chi connectivity index (χ2v) is 4.40. The molecule has 0 fully saturated rings. The Kier molecular flexibility index (Phi) is 4.65. The highest BCUT2D eigenvalue weighted by atomic mass is 19.1. The van der Waals surface area contributed by atoms with E-state index in [-0.39, 0.29) is 30.2 Å². The molecule has 0 aliphatic carbocycles. The lowest BCUT2D eigenvalue weighted by atomic mass is 10.2. The first-order chi connectivity index (χ1) is 10.5. The van der Waals surface area contributed by atoms with Crippen LogP contribution in [-0.4, -0.2) is 32.5 Å². The highest BCUT2D eigenvalue weighted by molar-refractivity contribution is 5.35. The van der Waals surface area contributed by atoms with E-state index in [0.29, 0.717) is 0 Å². The third kappa shape index (κ3) is 3.77. The van der Waals surface area contributed by atoms with E-state index in [1.165, 1.54) is 23.0 Å². The maximum absolute atomic E-state index is 13.6. The molecule has 22 heavy (non-hydrogen) atoms. The van der Waals surface area contributed by atoms with Crippen LogP contribution in [-0.2, 0) is 6.54 Å². The number of halogens is 1. The van der Waals surface area contributed by atoms with Crippen molar-refractivity contribution in [2.75, 3.05) is 6.61 Å². The zero-order valence-electron chi connectivity index (χ0n) is 11.2. The monoisotopic (exact) mass is 306 g/mol. The molecule has 0 saturated carbocycles. The molecule has 1 unspecified atom stereocenters. The van der Waals surface area contributed by atoms with E-state index in [2.05, 4.69) is 5.10 Å². The quantitative estimate of drug-likeness (QED) is 0.634. The van der Waals surface area contributed by atoms with Gasteiger partial charge in [0, 0.05) is 0 Å². The van der Waals surface area contributed by atoms with Gasteiger partial charge < -0.3 is 9.84 Å². The number of aliphatic hydroxyl groups is 1. The van der Waals surface area contributed by atoms with Crippen molar-refractivity contribution in [1.29, 1.82) is 5.26 Å². The van der Waals surface area contributed by atoms with Crippen molar-refractivity contribution < 1.29 is 19.2 Å². The lowest BCUT2D eigenvalue weighted by molar-refractivity contribution is -0.385. The minimum atomic E-state index is -1.03. The molecule has 2 rings (SSSR count). The number of aromatic nitrogens is 2. The van der Waals surface area contributed by atoms with E-state index in [1.54, 1.807) is 6.07 Å². The van der Waals surface area contributed by atoms with Gasteiger partial charge in [0.05, 0.1) is 23.1 Å². The number of aliphatic hydroxyl groups excluding tert-OH is 1. The summed E-state index contributed by atoms with van der Waals surface area (Å²) in [6.07, 6.45) is 1.20. The summed E-state index contributed by atoms with van der Waals surface area (Å²) < 4.78 is 19.9. The zero-order valence-corrected chi connectivity index (χ0v) is 11.2. The SMILES string of the molecule is N#Cc1ccc(OCC(O)Cn2cc([N+](=O)[O-])cn2)c(F)c1. The van der Waals surface area contributed by atoms with Gasteiger partial charge in [0.2, 0.25) is 0 Å². The van der Waals surface area contributed by atoms with Gasteiger partial charge in [-0.05, 0) is 18.2 Å². The van der Waals surface area contributed by atoms with Crippen LogP contribution in [0.5, 0.6) is 5.75 Å². The Labute approximate surface area is 124 Å². The fourth-order valence-corrected chi connectivity index (χ4v) is 1.69. The van der Waals surface area contributed by atoms with Crippen molar-refractivity contribution in [3.05, 3.63) is 52.1 Å². The second-order valence-electron chi connectivity index (χ2n) is 4.40. The first-order valence-corrected chi connectivity index (χ1v) is 6.17. The lowest BCUT2D eigenvalue weighted by Crippen LogP contribution is -2.24. The Morgan fingerprint density at radius 3 is 2.95 bits per heavy atom. The molecule has 114 valence electrons. The first-order valence-electron chi connectivity index (χ1n) is 6.17. The van der Waals surface area contributed by atoms with Crippen molar-refractivity contribution in [1.82, 2.24) is 9.78 Å². The molecule has 0 bridgehead atoms. The van der Waals surface area contributed by atoms with Crippen molar-refractivity contribution >= 4 is 5.69 Å². The number of benzene rings is 1. The van der Waals surface area contributed by atoms with Crippen LogP contribution in [0.4, 0.5) is 10.1 Å². The summed E-state index contributed by atoms with van der Waals surface area (Å²) in [4.78, 5) is 9.90. The molecule has 1 aromatic carbocycles. The summed E-state index contributed by atoms with van der Waals surface area (Å²) in [5.74, 6) is -0.800. The Hall–Kier alpha value is -2.99. The third-order valence-electron chi connectivity index (χ3n) is 2.72. The van der Waals surface area contributed by atoms with Crippen LogP contribution >= 0.6 is 0 Å². The van der Waals surface area contributed by atoms with Crippen LogP contribution in [0.25, 0.3) is 0 Å². The molecule has 0 aliphatic rings. The number of hydrogen-bond donors (Lipinski definition) is 1. The van der Waals surface area contributed by atoms with Crippen molar-refractivity contribution in [3.63, 3.8) is 0 Å². The number of ether oxygens (including phenoxy) is 1. The van der Waals surface area contributed by atoms with E-state index < -0.39 is 16.8 Å². The molecule has 0 spiro atoms. The Bertz CT molecular complexity index is 725. The standard InChI is InChI=1S/C13H11FN4O4/c14-12-3-9(4-15)1-2-13(12)22-8-11(19)7-17-6-10(5-16-17)18(20)21/h1-3,5-6,11,19H,7-8H2. The highest BCUT2D eigenvalue weighted by Crippen LogP contribution is 2.18. The lowest BCUT2D eigenvalue weighted by Gasteiger charge is -2.12. The van der Waals surface area contributed by atoms with Gasteiger partial charge in [-0.15, -0.1) is 0 Å². The molecular formula is C13H11FN4O4. The van der Waals surface area contributed by atoms with Gasteiger partial charge in [-0.25, -0.2) is 4.39 Å². The van der Waals surface area contributed by atoms with Crippen LogP contribution in [0.2, 0.25) is 0 Å². The van der Waals surface area contributed by atoms with Gasteiger partial charge in [0.15, 0.2) is 11.6 Å². The summed E-state index contributed by atoms with van der Waals surface area (Å²) in [5.41, 5.74) is -0.0273. The Morgan fingerprint density at radius 2 is 2.36 bits per heavy atom. The van der Waals surface area contributed by atoms with Gasteiger partial charge in [0.1, 0.15) is 25.1 Å². The van der Waals surface area contributed by atoms with Crippen molar-refractivity contribution in [2.45, 2.75) is 12.6 Å². The average Bonchev–Trinajstić information content (AvgIpc) is 2.94. The topological polar surface area (TPSA) is 114 Å². The predicted molar refractivity (Wildman–Crippen MR) is 71.5 cm³/mol. The molecule has 0 radical (unpaired) electrons. The normalized spacial score (nSPS) is 11.7. The van der Waals surface area contributed by atoms with E-state index in [4.69, 9.17) is 10.00 Å². The van der Waals surface area contributed by atoms with Gasteiger partial charge >= 0.3 is 5.69 Å². The van der Waals surface area contributed by atoms with Gasteiger partial charge in [0.25, 0.3) is 0 Å². The van der Waals surface area contributed by atoms with Crippen molar-refractivity contribution in [2.24, 2.45) is 0 Å². The van der Waals surface area contributed by atoms with E-state index in [1.807, 2.05) is 0 Å². The summed E-state index contributed by atoms with van der Waals surface area (Å²) in [6, 6.07) is 5.50. The minimum Gasteiger partial charge on any atom is -0.488 e. The molecular weight excluding hydrogens is 295 g/mol. The third-order valence-corrected chi connectivity index (χ3v) is 2.72. The Balaban J connectivity index is 1.91. The molecule has 0 amide bonds. The van der Waals surface area contributed by atoms with Crippen LogP contribution in [0.1, 0.15) is 5.56 Å². The number of rotatable bonds is 6. The van der Waals surface area contributed by atoms with Crippen LogP contribution in [0, 0.1) is 27.3 Å². The number of nitrogens with zero attached hydrogens (tertiary/aromatic N) is 4. The largest absolute Gasteiger partial charge is 0.488 e. The predicted octanol–water partition coefficient (Wildman–Crippen LogP) is 1.24. The molecule has 1 aromatic heterocycles. The van der Waals surface area contributed by atoms with Gasteiger partial charge in [-0.2, -0.15) is 10.4 Å². The molecule has 1 heterocycles. The van der Waals surface area contributed by atoms with Crippen molar-refractivity contribution in [3.8, 4) is 11.8 Å². The van der Waals surface area contributed by atoms with Gasteiger partial charge in [-0.1, -0.05) is 0 Å². The molecule has 2 aromatic rings. The molecule has 8 nitrogen and oxygen atoms in total. The van der Waals surface area contributed by atoms with Crippen LogP contribution in [0.15, 0.2) is 30.6 Å². The van der Waals surface area contributed by atoms with E-state index in [9.17, 15) is 19.6 Å². The molecule has 0 saturated heterocycles. The van der Waals surface area contributed by atoms with E-state index >= 15 is 0 Å². The average molecular weight is 306 g/mol.